The molecule has 0 amide bonds. The number of nitrogens with zero attached hydrogens (tertiary/aromatic N) is 4. The predicted octanol–water partition coefficient (Wildman–Crippen LogP) is 1.90. The van der Waals surface area contributed by atoms with Crippen LogP contribution in [0.5, 0.6) is 0 Å². The monoisotopic (exact) mass is 265 g/mol. The quantitative estimate of drug-likeness (QED) is 0.647. The van der Waals surface area contributed by atoms with Crippen molar-refractivity contribution in [3.8, 4) is 0 Å². The summed E-state index contributed by atoms with van der Waals surface area (Å²) in [5, 5.41) is 11.2. The Morgan fingerprint density at radius 1 is 1.37 bits per heavy atom. The first-order valence-electron chi connectivity index (χ1n) is 6.52. The lowest BCUT2D eigenvalue weighted by molar-refractivity contribution is -0.385. The summed E-state index contributed by atoms with van der Waals surface area (Å²) in [6.45, 7) is 5.36. The Balaban J connectivity index is 2.39. The summed E-state index contributed by atoms with van der Waals surface area (Å²) in [5.41, 5.74) is 5.93. The minimum Gasteiger partial charge on any atom is -0.368 e. The summed E-state index contributed by atoms with van der Waals surface area (Å²) in [6, 6.07) is 0. The molecule has 19 heavy (non-hydrogen) atoms. The first kappa shape index (κ1) is 13.5. The van der Waals surface area contributed by atoms with Gasteiger partial charge in [-0.25, -0.2) is 4.98 Å². The van der Waals surface area contributed by atoms with E-state index in [1.807, 2.05) is 4.90 Å². The smallest absolute Gasteiger partial charge is 0.332 e. The summed E-state index contributed by atoms with van der Waals surface area (Å²) in [5.74, 6) is 1.10. The maximum absolute atomic E-state index is 11.2. The minimum absolute atomic E-state index is 0.0243. The highest BCUT2D eigenvalue weighted by molar-refractivity contribution is 5.62. The molecule has 0 spiro atoms. The molecule has 1 fully saturated rings. The maximum Gasteiger partial charge on any atom is 0.332 e. The zero-order valence-electron chi connectivity index (χ0n) is 11.3. The molecule has 2 rings (SSSR count). The van der Waals surface area contributed by atoms with Crippen LogP contribution in [0.25, 0.3) is 0 Å². The molecule has 0 aliphatic carbocycles. The third-order valence-corrected chi connectivity index (χ3v) is 3.56. The van der Waals surface area contributed by atoms with Gasteiger partial charge in [-0.05, 0) is 32.1 Å². The van der Waals surface area contributed by atoms with Crippen LogP contribution in [0.1, 0.15) is 31.9 Å². The SMILES string of the molecule is Cc1nc(N)nc(N2CCCC(C)CC2)c1[N+](=O)[O-]. The fraction of sp³-hybridized carbons (Fsp3) is 0.667. The highest BCUT2D eigenvalue weighted by Crippen LogP contribution is 2.31. The molecule has 2 N–H and O–H groups in total. The molecule has 1 saturated heterocycles. The number of nitrogens with two attached hydrogens (primary N) is 1. The lowest BCUT2D eigenvalue weighted by Gasteiger charge is -2.21. The molecule has 1 atom stereocenters. The van der Waals surface area contributed by atoms with Gasteiger partial charge in [-0.3, -0.25) is 10.1 Å². The molecule has 104 valence electrons. The van der Waals surface area contributed by atoms with Crippen molar-refractivity contribution in [2.45, 2.75) is 33.1 Å². The molecule has 0 aromatic carbocycles. The second-order valence-electron chi connectivity index (χ2n) is 5.12. The van der Waals surface area contributed by atoms with E-state index in [0.717, 1.165) is 32.4 Å². The van der Waals surface area contributed by atoms with Gasteiger partial charge in [-0.15, -0.1) is 0 Å². The number of nitrogen functional groups attached to an aromatic ring is 1. The summed E-state index contributed by atoms with van der Waals surface area (Å²) in [4.78, 5) is 20.7. The van der Waals surface area contributed by atoms with Gasteiger partial charge in [0.1, 0.15) is 5.69 Å². The van der Waals surface area contributed by atoms with E-state index in [-0.39, 0.29) is 11.6 Å². The van der Waals surface area contributed by atoms with E-state index in [2.05, 4.69) is 16.9 Å². The normalized spacial score (nSPS) is 20.1. The van der Waals surface area contributed by atoms with E-state index in [4.69, 9.17) is 5.73 Å². The highest BCUT2D eigenvalue weighted by atomic mass is 16.6. The molecule has 0 radical (unpaired) electrons. The van der Waals surface area contributed by atoms with E-state index in [1.165, 1.54) is 0 Å². The van der Waals surface area contributed by atoms with Crippen LogP contribution >= 0.6 is 0 Å². The standard InChI is InChI=1S/C12H19N5O2/c1-8-4-3-6-16(7-5-8)11-10(17(18)19)9(2)14-12(13)15-11/h8H,3-7H2,1-2H3,(H2,13,14,15). The van der Waals surface area contributed by atoms with Gasteiger partial charge in [0.25, 0.3) is 0 Å². The number of nitro groups is 1. The molecule has 0 bridgehead atoms. The van der Waals surface area contributed by atoms with E-state index in [0.29, 0.717) is 17.4 Å². The molecule has 1 aliphatic rings. The zero-order valence-corrected chi connectivity index (χ0v) is 11.3. The van der Waals surface area contributed by atoms with Crippen molar-refractivity contribution in [1.82, 2.24) is 9.97 Å². The van der Waals surface area contributed by atoms with Gasteiger partial charge < -0.3 is 10.6 Å². The number of rotatable bonds is 2. The molecule has 1 unspecified atom stereocenters. The maximum atomic E-state index is 11.2. The molecule has 7 heteroatoms. The first-order chi connectivity index (χ1) is 8.99. The highest BCUT2D eigenvalue weighted by Gasteiger charge is 2.27. The summed E-state index contributed by atoms with van der Waals surface area (Å²) < 4.78 is 0. The van der Waals surface area contributed by atoms with Crippen molar-refractivity contribution < 1.29 is 4.92 Å². The molecule has 7 nitrogen and oxygen atoms in total. The summed E-state index contributed by atoms with van der Waals surface area (Å²) in [6.07, 6.45) is 3.17. The van der Waals surface area contributed by atoms with Crippen LogP contribution in [0.4, 0.5) is 17.5 Å². The topological polar surface area (TPSA) is 98.2 Å². The number of aromatic nitrogens is 2. The van der Waals surface area contributed by atoms with Crippen LogP contribution in [0.2, 0.25) is 0 Å². The van der Waals surface area contributed by atoms with Crippen LogP contribution in [-0.2, 0) is 0 Å². The zero-order chi connectivity index (χ0) is 14.0. The second-order valence-corrected chi connectivity index (χ2v) is 5.12. The second kappa shape index (κ2) is 5.38. The van der Waals surface area contributed by atoms with Crippen LogP contribution in [0.15, 0.2) is 0 Å². The van der Waals surface area contributed by atoms with Crippen LogP contribution in [0, 0.1) is 23.0 Å². The van der Waals surface area contributed by atoms with Crippen molar-refractivity contribution in [3.63, 3.8) is 0 Å². The molecule has 1 aliphatic heterocycles. The Morgan fingerprint density at radius 2 is 2.11 bits per heavy atom. The third kappa shape index (κ3) is 2.91. The molecule has 2 heterocycles. The van der Waals surface area contributed by atoms with Gasteiger partial charge in [0.15, 0.2) is 0 Å². The fourth-order valence-electron chi connectivity index (χ4n) is 2.48. The Hall–Kier alpha value is -1.92. The Labute approximate surface area is 112 Å². The van der Waals surface area contributed by atoms with Crippen LogP contribution in [0.3, 0.4) is 0 Å². The number of anilines is 2. The minimum atomic E-state index is -0.418. The average Bonchev–Trinajstić information content (AvgIpc) is 2.52. The molecule has 0 saturated carbocycles. The van der Waals surface area contributed by atoms with Gasteiger partial charge in [-0.1, -0.05) is 6.92 Å². The number of aryl methyl sites for hydroxylation is 1. The lowest BCUT2D eigenvalue weighted by Crippen LogP contribution is -2.27. The van der Waals surface area contributed by atoms with Gasteiger partial charge in [0.2, 0.25) is 11.8 Å². The largest absolute Gasteiger partial charge is 0.368 e. The Kier molecular flexibility index (Phi) is 3.82. The number of hydrogen-bond donors (Lipinski definition) is 1. The van der Waals surface area contributed by atoms with Crippen molar-refractivity contribution in [2.24, 2.45) is 5.92 Å². The van der Waals surface area contributed by atoms with Gasteiger partial charge >= 0.3 is 5.69 Å². The van der Waals surface area contributed by atoms with E-state index >= 15 is 0 Å². The summed E-state index contributed by atoms with van der Waals surface area (Å²) in [7, 11) is 0. The van der Waals surface area contributed by atoms with Crippen molar-refractivity contribution in [2.75, 3.05) is 23.7 Å². The Bertz CT molecular complexity index is 491. The van der Waals surface area contributed by atoms with E-state index < -0.39 is 4.92 Å². The third-order valence-electron chi connectivity index (χ3n) is 3.56. The van der Waals surface area contributed by atoms with Gasteiger partial charge in [0.05, 0.1) is 4.92 Å². The molecular formula is C12H19N5O2. The molecular weight excluding hydrogens is 246 g/mol. The van der Waals surface area contributed by atoms with Crippen molar-refractivity contribution in [1.29, 1.82) is 0 Å². The fourth-order valence-corrected chi connectivity index (χ4v) is 2.48. The van der Waals surface area contributed by atoms with Crippen LogP contribution < -0.4 is 10.6 Å². The number of hydrogen-bond acceptors (Lipinski definition) is 6. The lowest BCUT2D eigenvalue weighted by atomic mass is 10.0. The van der Waals surface area contributed by atoms with Crippen LogP contribution in [-0.4, -0.2) is 28.0 Å². The molecule has 1 aromatic rings. The van der Waals surface area contributed by atoms with E-state index in [1.54, 1.807) is 6.92 Å². The summed E-state index contributed by atoms with van der Waals surface area (Å²) >= 11 is 0. The molecule has 1 aromatic heterocycles. The van der Waals surface area contributed by atoms with Gasteiger partial charge in [-0.2, -0.15) is 4.98 Å². The Morgan fingerprint density at radius 3 is 2.79 bits per heavy atom. The van der Waals surface area contributed by atoms with Gasteiger partial charge in [0, 0.05) is 13.1 Å². The first-order valence-corrected chi connectivity index (χ1v) is 6.52. The van der Waals surface area contributed by atoms with E-state index in [9.17, 15) is 10.1 Å². The average molecular weight is 265 g/mol. The van der Waals surface area contributed by atoms with Crippen molar-refractivity contribution >= 4 is 17.5 Å². The predicted molar refractivity (Wildman–Crippen MR) is 73.1 cm³/mol. The van der Waals surface area contributed by atoms with Crippen molar-refractivity contribution in [3.05, 3.63) is 15.8 Å².